The number of aryl methyl sites for hydroxylation is 1. The first-order valence-electron chi connectivity index (χ1n) is 8.53. The number of hydrogen-bond donors (Lipinski definition) is 0. The predicted octanol–water partition coefficient (Wildman–Crippen LogP) is 2.95. The maximum Gasteiger partial charge on any atom is 0.223 e. The predicted molar refractivity (Wildman–Crippen MR) is 93.0 cm³/mol. The Morgan fingerprint density at radius 3 is 2.35 bits per heavy atom. The zero-order valence-corrected chi connectivity index (χ0v) is 14.9. The number of unbranched alkanes of at least 4 members (excludes halogenated alkanes) is 1. The number of nitrogens with zero attached hydrogens (tertiary/aromatic N) is 1. The van der Waals surface area contributed by atoms with Gasteiger partial charge in [0.05, 0.1) is 11.5 Å². The maximum atomic E-state index is 12.6. The van der Waals surface area contributed by atoms with Gasteiger partial charge in [0.1, 0.15) is 0 Å². The van der Waals surface area contributed by atoms with Crippen LogP contribution in [0, 0.1) is 0 Å². The smallest absolute Gasteiger partial charge is 0.223 e. The Hall–Kier alpha value is -1.36. The van der Waals surface area contributed by atoms with E-state index < -0.39 is 9.84 Å². The lowest BCUT2D eigenvalue weighted by Gasteiger charge is -2.28. The average molecular weight is 337 g/mol. The number of amides is 1. The van der Waals surface area contributed by atoms with Crippen LogP contribution in [0.5, 0.6) is 0 Å². The van der Waals surface area contributed by atoms with Crippen LogP contribution in [0.3, 0.4) is 0 Å². The molecule has 1 aliphatic heterocycles. The summed E-state index contributed by atoms with van der Waals surface area (Å²) in [4.78, 5) is 14.4. The van der Waals surface area contributed by atoms with Gasteiger partial charge < -0.3 is 4.90 Å². The number of sulfone groups is 1. The molecule has 5 heteroatoms. The van der Waals surface area contributed by atoms with Crippen molar-refractivity contribution in [2.75, 3.05) is 11.5 Å². The second kappa shape index (κ2) is 7.95. The van der Waals surface area contributed by atoms with Crippen molar-refractivity contribution in [3.05, 3.63) is 35.4 Å². The van der Waals surface area contributed by atoms with Crippen LogP contribution >= 0.6 is 0 Å². The summed E-state index contributed by atoms with van der Waals surface area (Å²) < 4.78 is 23.6. The maximum absolute atomic E-state index is 12.6. The molecule has 1 amide bonds. The highest BCUT2D eigenvalue weighted by atomic mass is 32.2. The Kier molecular flexibility index (Phi) is 6.22. The molecule has 1 aliphatic rings. The lowest BCUT2D eigenvalue weighted by molar-refractivity contribution is -0.133. The highest BCUT2D eigenvalue weighted by molar-refractivity contribution is 7.91. The van der Waals surface area contributed by atoms with Crippen LogP contribution < -0.4 is 0 Å². The van der Waals surface area contributed by atoms with Crippen molar-refractivity contribution in [2.45, 2.75) is 58.5 Å². The Bertz CT molecular complexity index is 622. The van der Waals surface area contributed by atoms with E-state index in [0.29, 0.717) is 19.4 Å². The van der Waals surface area contributed by atoms with Gasteiger partial charge in [-0.2, -0.15) is 0 Å². The molecule has 23 heavy (non-hydrogen) atoms. The van der Waals surface area contributed by atoms with Gasteiger partial charge in [-0.3, -0.25) is 4.79 Å². The molecule has 4 nitrogen and oxygen atoms in total. The molecule has 0 radical (unpaired) electrons. The van der Waals surface area contributed by atoms with Crippen molar-refractivity contribution in [3.8, 4) is 0 Å². The van der Waals surface area contributed by atoms with Crippen molar-refractivity contribution >= 4 is 15.7 Å². The summed E-state index contributed by atoms with van der Waals surface area (Å²) in [5.74, 6) is 0.385. The Labute approximate surface area is 139 Å². The van der Waals surface area contributed by atoms with E-state index in [4.69, 9.17) is 0 Å². The van der Waals surface area contributed by atoms with E-state index in [1.54, 1.807) is 4.90 Å². The third kappa shape index (κ3) is 5.06. The second-order valence-corrected chi connectivity index (χ2v) is 8.58. The van der Waals surface area contributed by atoms with Crippen molar-refractivity contribution in [3.63, 3.8) is 0 Å². The highest BCUT2D eigenvalue weighted by Gasteiger charge is 2.34. The first-order valence-corrected chi connectivity index (χ1v) is 10.3. The van der Waals surface area contributed by atoms with Gasteiger partial charge in [-0.05, 0) is 30.4 Å². The molecule has 1 unspecified atom stereocenters. The van der Waals surface area contributed by atoms with E-state index in [-0.39, 0.29) is 23.5 Å². The van der Waals surface area contributed by atoms with Gasteiger partial charge in [0.25, 0.3) is 0 Å². The Morgan fingerprint density at radius 2 is 1.83 bits per heavy atom. The minimum atomic E-state index is -2.99. The molecule has 0 aromatic heterocycles. The fourth-order valence-electron chi connectivity index (χ4n) is 2.99. The largest absolute Gasteiger partial charge is 0.334 e. The van der Waals surface area contributed by atoms with Gasteiger partial charge >= 0.3 is 0 Å². The van der Waals surface area contributed by atoms with E-state index in [1.807, 2.05) is 12.1 Å². The van der Waals surface area contributed by atoms with Gasteiger partial charge in [0.15, 0.2) is 9.84 Å². The van der Waals surface area contributed by atoms with Crippen LogP contribution in [0.4, 0.5) is 0 Å². The number of rotatable bonds is 7. The number of hydrogen-bond acceptors (Lipinski definition) is 3. The second-order valence-electron chi connectivity index (χ2n) is 6.35. The van der Waals surface area contributed by atoms with E-state index in [2.05, 4.69) is 26.0 Å². The minimum absolute atomic E-state index is 0.0773. The molecule has 1 aromatic carbocycles. The van der Waals surface area contributed by atoms with Crippen LogP contribution in [0.25, 0.3) is 0 Å². The quantitative estimate of drug-likeness (QED) is 0.768. The molecule has 0 saturated carbocycles. The van der Waals surface area contributed by atoms with Gasteiger partial charge in [0.2, 0.25) is 5.91 Å². The molecule has 0 N–H and O–H groups in total. The van der Waals surface area contributed by atoms with Gasteiger partial charge in [0, 0.05) is 19.0 Å². The lowest BCUT2D eigenvalue weighted by Crippen LogP contribution is -2.40. The van der Waals surface area contributed by atoms with Crippen LogP contribution in [-0.2, 0) is 27.6 Å². The number of benzene rings is 1. The molecule has 1 fully saturated rings. The van der Waals surface area contributed by atoms with E-state index in [0.717, 1.165) is 24.8 Å². The molecule has 0 bridgehead atoms. The number of carbonyl (C=O) groups excluding carboxylic acids is 1. The zero-order valence-electron chi connectivity index (χ0n) is 14.1. The first kappa shape index (κ1) is 18.0. The van der Waals surface area contributed by atoms with Crippen LogP contribution in [-0.4, -0.2) is 36.8 Å². The summed E-state index contributed by atoms with van der Waals surface area (Å²) >= 11 is 0. The summed E-state index contributed by atoms with van der Waals surface area (Å²) in [6, 6.07) is 8.07. The molecule has 1 heterocycles. The van der Waals surface area contributed by atoms with Crippen LogP contribution in [0.15, 0.2) is 24.3 Å². The van der Waals surface area contributed by atoms with Crippen molar-refractivity contribution in [1.82, 2.24) is 4.90 Å². The Balaban J connectivity index is 2.13. The molecule has 1 saturated heterocycles. The molecule has 0 aliphatic carbocycles. The van der Waals surface area contributed by atoms with E-state index >= 15 is 0 Å². The molecule has 1 atom stereocenters. The summed E-state index contributed by atoms with van der Waals surface area (Å²) in [5.41, 5.74) is 2.33. The molecule has 0 spiro atoms. The van der Waals surface area contributed by atoms with Crippen molar-refractivity contribution in [1.29, 1.82) is 0 Å². The molecule has 2 rings (SSSR count). The summed E-state index contributed by atoms with van der Waals surface area (Å²) in [6.07, 6.45) is 3.87. The average Bonchev–Trinajstić information content (AvgIpc) is 2.90. The van der Waals surface area contributed by atoms with Gasteiger partial charge in [-0.25, -0.2) is 8.42 Å². The number of carbonyl (C=O) groups is 1. The summed E-state index contributed by atoms with van der Waals surface area (Å²) in [5, 5.41) is 0. The summed E-state index contributed by atoms with van der Waals surface area (Å²) in [7, 11) is -2.99. The Morgan fingerprint density at radius 1 is 1.17 bits per heavy atom. The fraction of sp³-hybridized carbons (Fsp3) is 0.611. The van der Waals surface area contributed by atoms with Gasteiger partial charge in [-0.15, -0.1) is 0 Å². The van der Waals surface area contributed by atoms with E-state index in [1.165, 1.54) is 5.56 Å². The van der Waals surface area contributed by atoms with E-state index in [9.17, 15) is 13.2 Å². The SMILES string of the molecule is CCCCC(=O)N(Cc1ccc(CC)cc1)C1CCS(=O)(=O)C1. The fourth-order valence-corrected chi connectivity index (χ4v) is 4.72. The van der Waals surface area contributed by atoms with Crippen molar-refractivity contribution < 1.29 is 13.2 Å². The van der Waals surface area contributed by atoms with Crippen molar-refractivity contribution in [2.24, 2.45) is 0 Å². The highest BCUT2D eigenvalue weighted by Crippen LogP contribution is 2.22. The molecular formula is C18H27NO3S. The van der Waals surface area contributed by atoms with Crippen LogP contribution in [0.1, 0.15) is 50.7 Å². The van der Waals surface area contributed by atoms with Gasteiger partial charge in [-0.1, -0.05) is 44.5 Å². The normalized spacial score (nSPS) is 19.7. The topological polar surface area (TPSA) is 54.5 Å². The lowest BCUT2D eigenvalue weighted by atomic mass is 10.1. The third-order valence-electron chi connectivity index (χ3n) is 4.50. The third-order valence-corrected chi connectivity index (χ3v) is 6.25. The standard InChI is InChI=1S/C18H27NO3S/c1-3-5-6-18(20)19(17-11-12-23(21,22)14-17)13-16-9-7-15(4-2)8-10-16/h7-10,17H,3-6,11-14H2,1-2H3. The zero-order chi connectivity index (χ0) is 16.9. The monoisotopic (exact) mass is 337 g/mol. The molecular weight excluding hydrogens is 310 g/mol. The first-order chi connectivity index (χ1) is 10.9. The minimum Gasteiger partial charge on any atom is -0.334 e. The molecule has 128 valence electrons. The van der Waals surface area contributed by atoms with Crippen LogP contribution in [0.2, 0.25) is 0 Å². The molecule has 1 aromatic rings. The summed E-state index contributed by atoms with van der Waals surface area (Å²) in [6.45, 7) is 4.67.